The van der Waals surface area contributed by atoms with Gasteiger partial charge in [0.1, 0.15) is 0 Å². The number of rotatable bonds is 5. The van der Waals surface area contributed by atoms with Crippen LogP contribution in [-0.2, 0) is 10.3 Å². The van der Waals surface area contributed by atoms with Gasteiger partial charge in [-0.3, -0.25) is 9.59 Å². The maximum absolute atomic E-state index is 12.1. The molecule has 5 heteroatoms. The van der Waals surface area contributed by atoms with Gasteiger partial charge in [-0.25, -0.2) is 0 Å². The molecule has 3 rings (SSSR count). The van der Waals surface area contributed by atoms with Gasteiger partial charge in [-0.2, -0.15) is 0 Å². The number of carbonyl (C=O) groups is 2. The molecule has 0 atom stereocenters. The Morgan fingerprint density at radius 2 is 1.78 bits per heavy atom. The van der Waals surface area contributed by atoms with Crippen LogP contribution < -0.4 is 10.6 Å². The summed E-state index contributed by atoms with van der Waals surface area (Å²) in [5.74, 6) is -0.458. The average Bonchev–Trinajstić information content (AvgIpc) is 3.34. The van der Waals surface area contributed by atoms with E-state index in [0.29, 0.717) is 10.6 Å². The van der Waals surface area contributed by atoms with Crippen LogP contribution in [0.4, 0.5) is 0 Å². The Hall–Kier alpha value is -2.33. The summed E-state index contributed by atoms with van der Waals surface area (Å²) in [7, 11) is 0. The maximum atomic E-state index is 12.1. The van der Waals surface area contributed by atoms with Gasteiger partial charge in [-0.05, 0) is 42.7 Å². The Labute approximate surface area is 139 Å². The second kappa shape index (κ2) is 6.42. The number of nitrogens with one attached hydrogen (secondary N) is 2. The molecule has 1 aliphatic rings. The minimum Gasteiger partial charge on any atom is -0.345 e. The van der Waals surface area contributed by atoms with E-state index in [0.717, 1.165) is 18.4 Å². The van der Waals surface area contributed by atoms with E-state index in [2.05, 4.69) is 10.6 Å². The highest BCUT2D eigenvalue weighted by molar-refractivity contribution is 6.30. The van der Waals surface area contributed by atoms with Gasteiger partial charge >= 0.3 is 0 Å². The molecule has 0 bridgehead atoms. The van der Waals surface area contributed by atoms with Gasteiger partial charge < -0.3 is 10.6 Å². The highest BCUT2D eigenvalue weighted by atomic mass is 35.5. The molecule has 0 aliphatic heterocycles. The van der Waals surface area contributed by atoms with Gasteiger partial charge in [0.25, 0.3) is 5.91 Å². The minimum absolute atomic E-state index is 0.0456. The van der Waals surface area contributed by atoms with Gasteiger partial charge in [0.15, 0.2) is 0 Å². The zero-order chi connectivity index (χ0) is 16.3. The Kier molecular flexibility index (Phi) is 4.35. The smallest absolute Gasteiger partial charge is 0.251 e. The molecule has 0 saturated heterocycles. The first-order chi connectivity index (χ1) is 11.1. The molecule has 2 N–H and O–H groups in total. The van der Waals surface area contributed by atoms with E-state index in [1.54, 1.807) is 24.3 Å². The topological polar surface area (TPSA) is 58.2 Å². The van der Waals surface area contributed by atoms with Crippen molar-refractivity contribution in [2.24, 2.45) is 0 Å². The molecule has 0 radical (unpaired) electrons. The van der Waals surface area contributed by atoms with Crippen LogP contribution in [0.2, 0.25) is 5.02 Å². The third-order valence-electron chi connectivity index (χ3n) is 3.95. The van der Waals surface area contributed by atoms with Crippen LogP contribution in [0.5, 0.6) is 0 Å². The van der Waals surface area contributed by atoms with Crippen LogP contribution in [0.1, 0.15) is 28.8 Å². The summed E-state index contributed by atoms with van der Waals surface area (Å²) in [6.07, 6.45) is 1.76. The Bertz CT molecular complexity index is 727. The van der Waals surface area contributed by atoms with E-state index in [9.17, 15) is 9.59 Å². The zero-order valence-electron chi connectivity index (χ0n) is 12.5. The van der Waals surface area contributed by atoms with Crippen LogP contribution in [0, 0.1) is 0 Å². The summed E-state index contributed by atoms with van der Waals surface area (Å²) in [5, 5.41) is 6.29. The molecule has 2 amide bonds. The van der Waals surface area contributed by atoms with Gasteiger partial charge in [0.2, 0.25) is 5.91 Å². The first-order valence-corrected chi connectivity index (χ1v) is 7.87. The van der Waals surface area contributed by atoms with E-state index >= 15 is 0 Å². The number of carbonyl (C=O) groups excluding carboxylic acids is 2. The summed E-state index contributed by atoms with van der Waals surface area (Å²) >= 11 is 6.02. The van der Waals surface area contributed by atoms with Gasteiger partial charge in [-0.15, -0.1) is 0 Å². The number of halogens is 1. The summed E-state index contributed by atoms with van der Waals surface area (Å²) in [6, 6.07) is 16.3. The number of benzene rings is 2. The lowest BCUT2D eigenvalue weighted by Gasteiger charge is -2.18. The molecule has 0 spiro atoms. The van der Waals surface area contributed by atoms with E-state index in [-0.39, 0.29) is 23.9 Å². The number of hydrogen-bond acceptors (Lipinski definition) is 2. The second-order valence-corrected chi connectivity index (χ2v) is 6.13. The van der Waals surface area contributed by atoms with Crippen molar-refractivity contribution >= 4 is 23.4 Å². The molecule has 0 aromatic heterocycles. The van der Waals surface area contributed by atoms with Crippen LogP contribution in [0.25, 0.3) is 0 Å². The summed E-state index contributed by atoms with van der Waals surface area (Å²) in [4.78, 5) is 24.1. The predicted octanol–water partition coefficient (Wildman–Crippen LogP) is 2.88. The van der Waals surface area contributed by atoms with Crippen molar-refractivity contribution < 1.29 is 9.59 Å². The van der Waals surface area contributed by atoms with Gasteiger partial charge in [0, 0.05) is 10.6 Å². The average molecular weight is 329 g/mol. The van der Waals surface area contributed by atoms with E-state index in [1.165, 1.54) is 0 Å². The van der Waals surface area contributed by atoms with Crippen LogP contribution >= 0.6 is 11.6 Å². The summed E-state index contributed by atoms with van der Waals surface area (Å²) in [6.45, 7) is -0.0456. The largest absolute Gasteiger partial charge is 0.345 e. The lowest BCUT2D eigenvalue weighted by molar-refractivity contribution is -0.121. The molecule has 1 saturated carbocycles. The monoisotopic (exact) mass is 328 g/mol. The first kappa shape index (κ1) is 15.6. The summed E-state index contributed by atoms with van der Waals surface area (Å²) < 4.78 is 0. The van der Waals surface area contributed by atoms with Crippen molar-refractivity contribution in [2.45, 2.75) is 18.4 Å². The third kappa shape index (κ3) is 3.71. The zero-order valence-corrected chi connectivity index (χ0v) is 13.3. The maximum Gasteiger partial charge on any atom is 0.251 e. The van der Waals surface area contributed by atoms with Crippen molar-refractivity contribution in [3.05, 3.63) is 70.7 Å². The molecule has 23 heavy (non-hydrogen) atoms. The standard InChI is InChI=1S/C18H17ClN2O2/c19-15-8-4-7-14(11-15)18(9-10-18)21-16(22)12-20-17(23)13-5-2-1-3-6-13/h1-8,11H,9-10,12H2,(H,20,23)(H,21,22). The second-order valence-electron chi connectivity index (χ2n) is 5.69. The normalized spacial score (nSPS) is 14.8. The van der Waals surface area contributed by atoms with Crippen molar-refractivity contribution in [1.82, 2.24) is 10.6 Å². The molecule has 4 nitrogen and oxygen atoms in total. The predicted molar refractivity (Wildman–Crippen MR) is 89.3 cm³/mol. The van der Waals surface area contributed by atoms with Crippen molar-refractivity contribution in [3.8, 4) is 0 Å². The van der Waals surface area contributed by atoms with Gasteiger partial charge in [0.05, 0.1) is 12.1 Å². The molecule has 118 valence electrons. The van der Waals surface area contributed by atoms with Crippen molar-refractivity contribution in [2.75, 3.05) is 6.54 Å². The lowest BCUT2D eigenvalue weighted by Crippen LogP contribution is -2.42. The van der Waals surface area contributed by atoms with E-state index in [1.807, 2.05) is 30.3 Å². The third-order valence-corrected chi connectivity index (χ3v) is 4.19. The molecule has 2 aromatic carbocycles. The van der Waals surface area contributed by atoms with E-state index in [4.69, 9.17) is 11.6 Å². The number of hydrogen-bond donors (Lipinski definition) is 2. The molecular formula is C18H17ClN2O2. The number of amides is 2. The molecule has 0 unspecified atom stereocenters. The highest BCUT2D eigenvalue weighted by Gasteiger charge is 2.45. The molecule has 1 fully saturated rings. The van der Waals surface area contributed by atoms with Crippen molar-refractivity contribution in [1.29, 1.82) is 0 Å². The van der Waals surface area contributed by atoms with Crippen LogP contribution in [0.3, 0.4) is 0 Å². The molecule has 1 aliphatic carbocycles. The Balaban J connectivity index is 1.57. The molecular weight excluding hydrogens is 312 g/mol. The summed E-state index contributed by atoms with van der Waals surface area (Å²) in [5.41, 5.74) is 1.21. The van der Waals surface area contributed by atoms with Crippen molar-refractivity contribution in [3.63, 3.8) is 0 Å². The quantitative estimate of drug-likeness (QED) is 0.886. The fraction of sp³-hybridized carbons (Fsp3) is 0.222. The SMILES string of the molecule is O=C(CNC(=O)c1ccccc1)NC1(c2cccc(Cl)c2)CC1. The van der Waals surface area contributed by atoms with Crippen LogP contribution in [0.15, 0.2) is 54.6 Å². The molecule has 0 heterocycles. The van der Waals surface area contributed by atoms with Crippen LogP contribution in [-0.4, -0.2) is 18.4 Å². The lowest BCUT2D eigenvalue weighted by atomic mass is 10.1. The Morgan fingerprint density at radius 3 is 2.43 bits per heavy atom. The first-order valence-electron chi connectivity index (χ1n) is 7.49. The minimum atomic E-state index is -0.334. The fourth-order valence-electron chi connectivity index (χ4n) is 2.56. The Morgan fingerprint density at radius 1 is 1.04 bits per heavy atom. The van der Waals surface area contributed by atoms with Gasteiger partial charge in [-0.1, -0.05) is 41.9 Å². The molecule has 2 aromatic rings. The fourth-order valence-corrected chi connectivity index (χ4v) is 2.75. The highest BCUT2D eigenvalue weighted by Crippen LogP contribution is 2.45. The van der Waals surface area contributed by atoms with E-state index < -0.39 is 0 Å².